The fraction of sp³-hybridized carbons (Fsp3) is 0.333. The van der Waals surface area contributed by atoms with Gasteiger partial charge in [0.2, 0.25) is 0 Å². The lowest BCUT2D eigenvalue weighted by Crippen LogP contribution is -2.03. The van der Waals surface area contributed by atoms with Gasteiger partial charge in [-0.05, 0) is 42.2 Å². The van der Waals surface area contributed by atoms with Crippen molar-refractivity contribution in [2.45, 2.75) is 53.1 Å². The van der Waals surface area contributed by atoms with E-state index in [2.05, 4.69) is 25.1 Å². The van der Waals surface area contributed by atoms with Crippen molar-refractivity contribution in [1.29, 1.82) is 0 Å². The Morgan fingerprint density at radius 3 is 2.52 bits per heavy atom. The maximum atomic E-state index is 6.34. The molecule has 0 aliphatic heterocycles. The summed E-state index contributed by atoms with van der Waals surface area (Å²) in [5.74, 6) is 2.55. The zero-order valence-electron chi connectivity index (χ0n) is 16.5. The van der Waals surface area contributed by atoms with Gasteiger partial charge >= 0.3 is 0 Å². The third-order valence-electron chi connectivity index (χ3n) is 4.08. The maximum Gasteiger partial charge on any atom is 0.128 e. The molecule has 1 aliphatic rings. The molecule has 0 heterocycles. The van der Waals surface area contributed by atoms with Gasteiger partial charge in [0.05, 0.1) is 0 Å². The molecule has 0 spiro atoms. The van der Waals surface area contributed by atoms with E-state index in [0.717, 1.165) is 53.5 Å². The Balaban J connectivity index is 0.00000126. The van der Waals surface area contributed by atoms with Crippen LogP contribution in [0.5, 0.6) is 5.75 Å². The topological polar surface area (TPSA) is 18.5 Å². The summed E-state index contributed by atoms with van der Waals surface area (Å²) in [6.45, 7) is 6.71. The van der Waals surface area contributed by atoms with Crippen molar-refractivity contribution in [3.63, 3.8) is 0 Å². The van der Waals surface area contributed by atoms with Crippen LogP contribution in [0.2, 0.25) is 5.02 Å². The Kier molecular flexibility index (Phi) is 9.00. The summed E-state index contributed by atoms with van der Waals surface area (Å²) in [4.78, 5) is 0. The summed E-state index contributed by atoms with van der Waals surface area (Å²) in [6, 6.07) is 16.1. The summed E-state index contributed by atoms with van der Waals surface area (Å²) in [7, 11) is 0. The van der Waals surface area contributed by atoms with E-state index in [-0.39, 0.29) is 0 Å². The van der Waals surface area contributed by atoms with E-state index in [1.807, 2.05) is 56.3 Å². The molecule has 3 heteroatoms. The van der Waals surface area contributed by atoms with E-state index in [1.165, 1.54) is 5.56 Å². The molecule has 0 fully saturated rings. The number of rotatable bonds is 7. The average molecular weight is 385 g/mol. The van der Waals surface area contributed by atoms with Crippen molar-refractivity contribution in [3.05, 3.63) is 88.4 Å². The molecule has 2 nitrogen and oxygen atoms in total. The Hall–Kier alpha value is -2.19. The fourth-order valence-corrected chi connectivity index (χ4v) is 3.05. The second-order valence-corrected chi connectivity index (χ2v) is 6.54. The van der Waals surface area contributed by atoms with Gasteiger partial charge in [0.25, 0.3) is 0 Å². The summed E-state index contributed by atoms with van der Waals surface area (Å²) >= 11 is 6.34. The summed E-state index contributed by atoms with van der Waals surface area (Å²) in [5, 5.41) is 0.770. The minimum absolute atomic E-state index is 0.563. The molecule has 3 rings (SSSR count). The van der Waals surface area contributed by atoms with Crippen molar-refractivity contribution >= 4 is 11.6 Å². The third-order valence-corrected chi connectivity index (χ3v) is 4.43. The molecule has 0 unspecified atom stereocenters. The van der Waals surface area contributed by atoms with Gasteiger partial charge in [0.15, 0.2) is 0 Å². The van der Waals surface area contributed by atoms with Crippen LogP contribution in [0.25, 0.3) is 0 Å². The van der Waals surface area contributed by atoms with Crippen LogP contribution in [-0.2, 0) is 17.8 Å². The Morgan fingerprint density at radius 1 is 1.04 bits per heavy atom. The normalized spacial score (nSPS) is 13.0. The largest absolute Gasteiger partial charge is 0.489 e. The van der Waals surface area contributed by atoms with Gasteiger partial charge in [0.1, 0.15) is 23.9 Å². The highest BCUT2D eigenvalue weighted by molar-refractivity contribution is 6.31. The van der Waals surface area contributed by atoms with Gasteiger partial charge < -0.3 is 9.47 Å². The number of ether oxygens (including phenoxy) is 2. The first-order valence-corrected chi connectivity index (χ1v) is 10.2. The van der Waals surface area contributed by atoms with Gasteiger partial charge in [-0.15, -0.1) is 0 Å². The Labute approximate surface area is 168 Å². The zero-order valence-corrected chi connectivity index (χ0v) is 17.3. The number of benzene rings is 2. The summed E-state index contributed by atoms with van der Waals surface area (Å²) in [6.07, 6.45) is 7.93. The molecule has 1 aliphatic carbocycles. The highest BCUT2D eigenvalue weighted by Gasteiger charge is 2.10. The van der Waals surface area contributed by atoms with E-state index in [9.17, 15) is 0 Å². The van der Waals surface area contributed by atoms with E-state index in [0.29, 0.717) is 6.61 Å². The zero-order chi connectivity index (χ0) is 19.5. The van der Waals surface area contributed by atoms with Crippen LogP contribution >= 0.6 is 11.6 Å². The molecule has 0 radical (unpaired) electrons. The highest BCUT2D eigenvalue weighted by Crippen LogP contribution is 2.27. The second-order valence-electron chi connectivity index (χ2n) is 6.14. The van der Waals surface area contributed by atoms with Crippen molar-refractivity contribution < 1.29 is 9.47 Å². The highest BCUT2D eigenvalue weighted by atomic mass is 35.5. The molecule has 0 bridgehead atoms. The first-order chi connectivity index (χ1) is 13.2. The number of aryl methyl sites for hydroxylation is 1. The van der Waals surface area contributed by atoms with E-state index in [1.54, 1.807) is 0 Å². The monoisotopic (exact) mass is 384 g/mol. The molecule has 2 aromatic rings. The lowest BCUT2D eigenvalue weighted by atomic mass is 10.1. The Morgan fingerprint density at radius 2 is 1.81 bits per heavy atom. The molecule has 0 aromatic heterocycles. The molecule has 144 valence electrons. The van der Waals surface area contributed by atoms with Crippen molar-refractivity contribution in [3.8, 4) is 5.75 Å². The van der Waals surface area contributed by atoms with Crippen LogP contribution in [-0.4, -0.2) is 0 Å². The SMILES string of the molecule is CC.CCCc1ccc(OC2=CC(OCc3ccccc3)=CCC2)cc1Cl. The van der Waals surface area contributed by atoms with Gasteiger partial charge in [-0.3, -0.25) is 0 Å². The number of halogens is 1. The van der Waals surface area contributed by atoms with E-state index >= 15 is 0 Å². The number of hydrogen-bond donors (Lipinski definition) is 0. The lowest BCUT2D eigenvalue weighted by molar-refractivity contribution is 0.205. The fourth-order valence-electron chi connectivity index (χ4n) is 2.78. The summed E-state index contributed by atoms with van der Waals surface area (Å²) in [5.41, 5.74) is 2.32. The molecule has 0 saturated carbocycles. The molecule has 0 amide bonds. The summed E-state index contributed by atoms with van der Waals surface area (Å²) < 4.78 is 11.9. The molecule has 27 heavy (non-hydrogen) atoms. The first-order valence-electron chi connectivity index (χ1n) is 9.78. The molecular formula is C24H29ClO2. The number of hydrogen-bond acceptors (Lipinski definition) is 2. The van der Waals surface area contributed by atoms with Crippen molar-refractivity contribution in [2.24, 2.45) is 0 Å². The predicted molar refractivity (Wildman–Crippen MR) is 114 cm³/mol. The average Bonchev–Trinajstić information content (AvgIpc) is 2.71. The van der Waals surface area contributed by atoms with Crippen LogP contribution in [0.3, 0.4) is 0 Å². The van der Waals surface area contributed by atoms with Crippen LogP contribution in [0.4, 0.5) is 0 Å². The molecule has 2 aromatic carbocycles. The standard InChI is InChI=1S/C22H23ClO2.C2H6/c1-2-7-18-12-13-21(15-22(18)23)25-20-11-6-10-19(14-20)24-16-17-8-4-3-5-9-17;1-2/h3-5,8-10,12-15H,2,6-7,11,16H2,1H3;1-2H3. The first kappa shape index (κ1) is 21.1. The van der Waals surface area contributed by atoms with Gasteiger partial charge in [-0.2, -0.15) is 0 Å². The van der Waals surface area contributed by atoms with E-state index in [4.69, 9.17) is 21.1 Å². The quantitative estimate of drug-likeness (QED) is 0.492. The van der Waals surface area contributed by atoms with Crippen LogP contribution in [0.1, 0.15) is 51.2 Å². The third kappa shape index (κ3) is 6.80. The minimum atomic E-state index is 0.563. The molecule has 0 atom stereocenters. The van der Waals surface area contributed by atoms with Gasteiger partial charge in [0, 0.05) is 17.5 Å². The molecular weight excluding hydrogens is 356 g/mol. The maximum absolute atomic E-state index is 6.34. The predicted octanol–water partition coefficient (Wildman–Crippen LogP) is 7.48. The smallest absolute Gasteiger partial charge is 0.128 e. The van der Waals surface area contributed by atoms with Crippen LogP contribution < -0.4 is 4.74 Å². The molecule has 0 N–H and O–H groups in total. The molecule has 0 saturated heterocycles. The Bertz CT molecular complexity index is 763. The second kappa shape index (κ2) is 11.5. The van der Waals surface area contributed by atoms with Crippen molar-refractivity contribution in [1.82, 2.24) is 0 Å². The van der Waals surface area contributed by atoms with Crippen molar-refractivity contribution in [2.75, 3.05) is 0 Å². The lowest BCUT2D eigenvalue weighted by Gasteiger charge is -2.16. The van der Waals surface area contributed by atoms with Crippen LogP contribution in [0.15, 0.2) is 72.2 Å². The van der Waals surface area contributed by atoms with E-state index < -0.39 is 0 Å². The van der Waals surface area contributed by atoms with Gasteiger partial charge in [-0.25, -0.2) is 0 Å². The minimum Gasteiger partial charge on any atom is -0.489 e. The van der Waals surface area contributed by atoms with Gasteiger partial charge in [-0.1, -0.05) is 75.2 Å². The van der Waals surface area contributed by atoms with Crippen LogP contribution in [0, 0.1) is 0 Å². The number of allylic oxidation sites excluding steroid dienone is 3.